The molecular formula is C22H19F2N3O4. The first-order valence-electron chi connectivity index (χ1n) is 9.48. The van der Waals surface area contributed by atoms with Crippen LogP contribution in [0.5, 0.6) is 17.2 Å². The van der Waals surface area contributed by atoms with Crippen molar-refractivity contribution in [3.63, 3.8) is 0 Å². The molecule has 1 aromatic heterocycles. The van der Waals surface area contributed by atoms with Crippen molar-refractivity contribution in [2.45, 2.75) is 19.4 Å². The van der Waals surface area contributed by atoms with E-state index >= 15 is 0 Å². The minimum atomic E-state index is -2.59. The third-order valence-corrected chi connectivity index (χ3v) is 5.11. The van der Waals surface area contributed by atoms with E-state index in [9.17, 15) is 18.4 Å². The van der Waals surface area contributed by atoms with E-state index in [1.54, 1.807) is 42.6 Å². The zero-order valence-electron chi connectivity index (χ0n) is 16.6. The quantitative estimate of drug-likeness (QED) is 0.652. The Bertz CT molecular complexity index is 1180. The summed E-state index contributed by atoms with van der Waals surface area (Å²) >= 11 is 0. The molecule has 1 aliphatic rings. The Morgan fingerprint density at radius 2 is 2.00 bits per heavy atom. The van der Waals surface area contributed by atoms with Crippen molar-refractivity contribution in [2.75, 3.05) is 13.7 Å². The molecule has 0 radical (unpaired) electrons. The van der Waals surface area contributed by atoms with Crippen LogP contribution in [0.3, 0.4) is 0 Å². The van der Waals surface area contributed by atoms with Gasteiger partial charge in [0.2, 0.25) is 5.91 Å². The Balaban J connectivity index is 1.68. The maximum atomic E-state index is 12.8. The van der Waals surface area contributed by atoms with Crippen LogP contribution in [0.15, 0.2) is 42.6 Å². The zero-order valence-corrected chi connectivity index (χ0v) is 16.6. The lowest BCUT2D eigenvalue weighted by Crippen LogP contribution is -2.39. The van der Waals surface area contributed by atoms with Crippen LogP contribution in [0.1, 0.15) is 21.5 Å². The van der Waals surface area contributed by atoms with Crippen LogP contribution in [0.4, 0.5) is 8.78 Å². The van der Waals surface area contributed by atoms with Crippen LogP contribution in [-0.2, 0) is 17.8 Å². The van der Waals surface area contributed by atoms with Crippen LogP contribution < -0.4 is 15.2 Å². The molecule has 2 heterocycles. The van der Waals surface area contributed by atoms with Gasteiger partial charge in [0.15, 0.2) is 0 Å². The summed E-state index contributed by atoms with van der Waals surface area (Å²) in [5.41, 5.74) is 7.72. The van der Waals surface area contributed by atoms with Crippen molar-refractivity contribution in [3.8, 4) is 17.2 Å². The SMILES string of the molecule is COc1cc2nccc(Oc3ccc4c(c3)CN(CC(F)F)C(=O)C4)c2cc1C(N)=O. The van der Waals surface area contributed by atoms with Crippen LogP contribution >= 0.6 is 0 Å². The Hall–Kier alpha value is -3.75. The number of fused-ring (bicyclic) bond motifs is 2. The van der Waals surface area contributed by atoms with Gasteiger partial charge in [-0.1, -0.05) is 6.07 Å². The van der Waals surface area contributed by atoms with E-state index in [0.717, 1.165) is 16.0 Å². The van der Waals surface area contributed by atoms with E-state index in [0.29, 0.717) is 28.2 Å². The minimum Gasteiger partial charge on any atom is -0.496 e. The van der Waals surface area contributed by atoms with Gasteiger partial charge < -0.3 is 20.1 Å². The summed E-state index contributed by atoms with van der Waals surface area (Å²) in [7, 11) is 1.43. The van der Waals surface area contributed by atoms with Crippen molar-refractivity contribution in [3.05, 3.63) is 59.3 Å². The molecular weight excluding hydrogens is 408 g/mol. The Morgan fingerprint density at radius 1 is 1.19 bits per heavy atom. The third-order valence-electron chi connectivity index (χ3n) is 5.11. The number of ether oxygens (including phenoxy) is 2. The molecule has 0 spiro atoms. The van der Waals surface area contributed by atoms with Crippen LogP contribution in [0.25, 0.3) is 10.9 Å². The lowest BCUT2D eigenvalue weighted by Gasteiger charge is -2.28. The van der Waals surface area contributed by atoms with Crippen LogP contribution in [0, 0.1) is 0 Å². The van der Waals surface area contributed by atoms with E-state index in [2.05, 4.69) is 4.98 Å². The lowest BCUT2D eigenvalue weighted by atomic mass is 9.99. The highest BCUT2D eigenvalue weighted by Gasteiger charge is 2.25. The summed E-state index contributed by atoms with van der Waals surface area (Å²) < 4.78 is 36.8. The third kappa shape index (κ3) is 4.11. The predicted octanol–water partition coefficient (Wildman–Crippen LogP) is 3.28. The first-order chi connectivity index (χ1) is 14.9. The zero-order chi connectivity index (χ0) is 22.1. The molecule has 2 aromatic carbocycles. The molecule has 0 aliphatic carbocycles. The molecule has 0 atom stereocenters. The van der Waals surface area contributed by atoms with Crippen molar-refractivity contribution in [1.29, 1.82) is 0 Å². The maximum Gasteiger partial charge on any atom is 0.255 e. The average molecular weight is 427 g/mol. The number of nitrogens with zero attached hydrogens (tertiary/aromatic N) is 2. The fraction of sp³-hybridized carbons (Fsp3) is 0.227. The van der Waals surface area contributed by atoms with E-state index < -0.39 is 18.9 Å². The maximum absolute atomic E-state index is 12.8. The number of benzene rings is 2. The molecule has 4 rings (SSSR count). The van der Waals surface area contributed by atoms with Gasteiger partial charge in [0.05, 0.1) is 31.2 Å². The number of pyridine rings is 1. The number of hydrogen-bond donors (Lipinski definition) is 1. The van der Waals surface area contributed by atoms with E-state index in [-0.39, 0.29) is 24.4 Å². The molecule has 3 aromatic rings. The number of aromatic nitrogens is 1. The Kier molecular flexibility index (Phi) is 5.41. The van der Waals surface area contributed by atoms with Crippen molar-refractivity contribution < 1.29 is 27.8 Å². The smallest absolute Gasteiger partial charge is 0.255 e. The fourth-order valence-electron chi connectivity index (χ4n) is 3.61. The average Bonchev–Trinajstić information content (AvgIpc) is 2.73. The summed E-state index contributed by atoms with van der Waals surface area (Å²) in [5.74, 6) is 0.239. The lowest BCUT2D eigenvalue weighted by molar-refractivity contribution is -0.134. The molecule has 1 aliphatic heterocycles. The number of primary amides is 1. The number of carbonyl (C=O) groups is 2. The number of methoxy groups -OCH3 is 1. The molecule has 0 unspecified atom stereocenters. The second-order valence-corrected chi connectivity index (χ2v) is 7.12. The van der Waals surface area contributed by atoms with Crippen molar-refractivity contribution >= 4 is 22.7 Å². The number of alkyl halides is 2. The van der Waals surface area contributed by atoms with Crippen molar-refractivity contribution in [1.82, 2.24) is 9.88 Å². The Labute approximate surface area is 176 Å². The highest BCUT2D eigenvalue weighted by molar-refractivity contribution is 6.01. The molecule has 7 nitrogen and oxygen atoms in total. The van der Waals surface area contributed by atoms with E-state index in [1.165, 1.54) is 7.11 Å². The number of halogens is 2. The monoisotopic (exact) mass is 427 g/mol. The standard InChI is InChI=1S/C22H19F2N3O4/c1-30-19-9-17-15(8-16(19)22(25)29)18(4-5-26-17)31-14-3-2-12-7-21(28)27(11-20(23)24)10-13(12)6-14/h2-6,8-9,20H,7,10-11H2,1H3,(H2,25,29). The van der Waals surface area contributed by atoms with E-state index in [1.807, 2.05) is 0 Å². The highest BCUT2D eigenvalue weighted by atomic mass is 19.3. The Morgan fingerprint density at radius 3 is 2.71 bits per heavy atom. The molecule has 0 fully saturated rings. The van der Waals surface area contributed by atoms with Gasteiger partial charge >= 0.3 is 0 Å². The topological polar surface area (TPSA) is 94.8 Å². The molecule has 160 valence electrons. The number of carbonyl (C=O) groups excluding carboxylic acids is 2. The highest BCUT2D eigenvalue weighted by Crippen LogP contribution is 2.34. The molecule has 0 saturated heterocycles. The van der Waals surface area contributed by atoms with Gasteiger partial charge in [-0.05, 0) is 35.4 Å². The predicted molar refractivity (Wildman–Crippen MR) is 108 cm³/mol. The van der Waals surface area contributed by atoms with Gasteiger partial charge in [-0.25, -0.2) is 8.78 Å². The summed E-state index contributed by atoms with van der Waals surface area (Å²) in [6, 6.07) is 9.99. The van der Waals surface area contributed by atoms with E-state index in [4.69, 9.17) is 15.2 Å². The summed E-state index contributed by atoms with van der Waals surface area (Å²) in [4.78, 5) is 29.3. The van der Waals surface area contributed by atoms with Crippen LogP contribution in [-0.4, -0.2) is 41.8 Å². The van der Waals surface area contributed by atoms with Gasteiger partial charge in [-0.3, -0.25) is 14.6 Å². The van der Waals surface area contributed by atoms with Crippen LogP contribution in [0.2, 0.25) is 0 Å². The normalized spacial score (nSPS) is 13.4. The largest absolute Gasteiger partial charge is 0.496 e. The number of nitrogens with two attached hydrogens (primary N) is 1. The first-order valence-corrected chi connectivity index (χ1v) is 9.48. The summed E-state index contributed by atoms with van der Waals surface area (Å²) in [6.07, 6.45) is -0.963. The molecule has 2 amide bonds. The molecule has 2 N–H and O–H groups in total. The number of rotatable bonds is 6. The van der Waals surface area contributed by atoms with Gasteiger partial charge in [0, 0.05) is 24.2 Å². The minimum absolute atomic E-state index is 0.0717. The van der Waals surface area contributed by atoms with Gasteiger partial charge in [-0.2, -0.15) is 0 Å². The van der Waals surface area contributed by atoms with Gasteiger partial charge in [-0.15, -0.1) is 0 Å². The number of hydrogen-bond acceptors (Lipinski definition) is 5. The molecule has 9 heteroatoms. The molecule has 31 heavy (non-hydrogen) atoms. The first kappa shape index (κ1) is 20.5. The van der Waals surface area contributed by atoms with Crippen molar-refractivity contribution in [2.24, 2.45) is 5.73 Å². The fourth-order valence-corrected chi connectivity index (χ4v) is 3.61. The molecule has 0 bridgehead atoms. The second-order valence-electron chi connectivity index (χ2n) is 7.12. The summed E-state index contributed by atoms with van der Waals surface area (Å²) in [5, 5.41) is 0.560. The van der Waals surface area contributed by atoms with Gasteiger partial charge in [0.25, 0.3) is 12.3 Å². The second kappa shape index (κ2) is 8.17. The van der Waals surface area contributed by atoms with Gasteiger partial charge in [0.1, 0.15) is 17.2 Å². The molecule has 0 saturated carbocycles. The summed E-state index contributed by atoms with van der Waals surface area (Å²) in [6.45, 7) is -0.508. The number of amides is 2.